The molecule has 1 rings (SSSR count). The summed E-state index contributed by atoms with van der Waals surface area (Å²) in [7, 11) is 0. The maximum Gasteiger partial charge on any atom is 0.187 e. The monoisotopic (exact) mass is 253 g/mol. The number of hydrogen-bond acceptors (Lipinski definition) is 4. The summed E-state index contributed by atoms with van der Waals surface area (Å²) in [5.74, 6) is 1.10. The van der Waals surface area contributed by atoms with Crippen LogP contribution < -0.4 is 5.32 Å². The number of hydrogen-bond donors (Lipinski definition) is 1. The fourth-order valence-corrected chi connectivity index (χ4v) is 2.38. The lowest BCUT2D eigenvalue weighted by atomic mass is 10.2. The minimum absolute atomic E-state index is 0.619. The van der Waals surface area contributed by atoms with E-state index in [1.807, 2.05) is 19.2 Å². The maximum absolute atomic E-state index is 4.38. The fourth-order valence-electron chi connectivity index (χ4n) is 1.54. The topological polar surface area (TPSA) is 37.8 Å². The molecule has 1 unspecified atom stereocenters. The molecule has 0 saturated carbocycles. The molecule has 0 spiro atoms. The molecule has 3 nitrogen and oxygen atoms in total. The molecular weight excluding hydrogens is 230 g/mol. The van der Waals surface area contributed by atoms with Crippen LogP contribution in [0.2, 0.25) is 0 Å². The molecule has 0 fully saturated rings. The molecule has 0 bridgehead atoms. The minimum Gasteiger partial charge on any atom is -0.314 e. The van der Waals surface area contributed by atoms with Crippen molar-refractivity contribution in [1.29, 1.82) is 0 Å². The molecule has 0 radical (unpaired) electrons. The van der Waals surface area contributed by atoms with Gasteiger partial charge in [-0.1, -0.05) is 18.7 Å². The van der Waals surface area contributed by atoms with E-state index in [9.17, 15) is 0 Å². The van der Waals surface area contributed by atoms with Crippen molar-refractivity contribution in [2.45, 2.75) is 51.2 Å². The van der Waals surface area contributed by atoms with Gasteiger partial charge in [0.15, 0.2) is 5.16 Å². The number of thioether (sulfide) groups is 1. The summed E-state index contributed by atoms with van der Waals surface area (Å²) >= 11 is 1.75. The van der Waals surface area contributed by atoms with E-state index < -0.39 is 0 Å². The Hall–Kier alpha value is -0.610. The van der Waals surface area contributed by atoms with Crippen LogP contribution in [-0.4, -0.2) is 28.3 Å². The molecule has 0 aliphatic carbocycles. The highest BCUT2D eigenvalue weighted by molar-refractivity contribution is 7.99. The minimum atomic E-state index is 0.619. The molecule has 1 heterocycles. The second-order valence-electron chi connectivity index (χ2n) is 4.33. The van der Waals surface area contributed by atoms with Crippen molar-refractivity contribution in [2.24, 2.45) is 0 Å². The van der Waals surface area contributed by atoms with Crippen LogP contribution in [-0.2, 0) is 0 Å². The second kappa shape index (κ2) is 8.48. The molecule has 4 heteroatoms. The largest absolute Gasteiger partial charge is 0.314 e. The van der Waals surface area contributed by atoms with E-state index in [4.69, 9.17) is 0 Å². The molecule has 17 heavy (non-hydrogen) atoms. The lowest BCUT2D eigenvalue weighted by molar-refractivity contribution is 0.510. The molecule has 0 aliphatic rings. The quantitative estimate of drug-likeness (QED) is 0.439. The van der Waals surface area contributed by atoms with Gasteiger partial charge in [0.25, 0.3) is 0 Å². The summed E-state index contributed by atoms with van der Waals surface area (Å²) in [6, 6.07) is 2.55. The molecule has 1 atom stereocenters. The van der Waals surface area contributed by atoms with Crippen LogP contribution in [0.25, 0.3) is 0 Å². The first-order valence-electron chi connectivity index (χ1n) is 6.38. The van der Waals surface area contributed by atoms with Crippen molar-refractivity contribution >= 4 is 11.8 Å². The third-order valence-corrected chi connectivity index (χ3v) is 3.48. The molecule has 0 aromatic carbocycles. The molecule has 1 aromatic rings. The summed E-state index contributed by atoms with van der Waals surface area (Å²) in [6.45, 7) is 7.58. The highest BCUT2D eigenvalue weighted by Gasteiger charge is 2.01. The summed E-state index contributed by atoms with van der Waals surface area (Å²) in [4.78, 5) is 8.62. The maximum atomic E-state index is 4.38. The van der Waals surface area contributed by atoms with E-state index in [1.54, 1.807) is 11.8 Å². The highest BCUT2D eigenvalue weighted by Crippen LogP contribution is 2.14. The van der Waals surface area contributed by atoms with Gasteiger partial charge in [0.1, 0.15) is 0 Å². The molecule has 1 N–H and O–H groups in total. The highest BCUT2D eigenvalue weighted by atomic mass is 32.2. The van der Waals surface area contributed by atoms with Crippen LogP contribution in [0.3, 0.4) is 0 Å². The van der Waals surface area contributed by atoms with Crippen LogP contribution in [0.15, 0.2) is 17.4 Å². The van der Waals surface area contributed by atoms with Crippen LogP contribution in [0.5, 0.6) is 0 Å². The average molecular weight is 253 g/mol. The number of nitrogens with zero attached hydrogens (tertiary/aromatic N) is 2. The number of aryl methyl sites for hydroxylation is 1. The van der Waals surface area contributed by atoms with Crippen LogP contribution in [0.4, 0.5) is 0 Å². The number of aromatic nitrogens is 2. The Morgan fingerprint density at radius 1 is 1.47 bits per heavy atom. The number of rotatable bonds is 8. The predicted molar refractivity (Wildman–Crippen MR) is 74.5 cm³/mol. The Morgan fingerprint density at radius 2 is 2.29 bits per heavy atom. The lowest BCUT2D eigenvalue weighted by Gasteiger charge is -2.12. The Morgan fingerprint density at radius 3 is 3.00 bits per heavy atom. The summed E-state index contributed by atoms with van der Waals surface area (Å²) < 4.78 is 0. The molecule has 0 amide bonds. The summed E-state index contributed by atoms with van der Waals surface area (Å²) in [6.07, 6.45) is 5.46. The Kier molecular flexibility index (Phi) is 7.21. The van der Waals surface area contributed by atoms with Gasteiger partial charge in [-0.2, -0.15) is 0 Å². The van der Waals surface area contributed by atoms with Gasteiger partial charge in [0.2, 0.25) is 0 Å². The molecular formula is C13H23N3S. The van der Waals surface area contributed by atoms with E-state index >= 15 is 0 Å². The van der Waals surface area contributed by atoms with Gasteiger partial charge >= 0.3 is 0 Å². The van der Waals surface area contributed by atoms with Crippen LogP contribution in [0.1, 0.15) is 38.8 Å². The van der Waals surface area contributed by atoms with Gasteiger partial charge in [0, 0.05) is 23.7 Å². The lowest BCUT2D eigenvalue weighted by Crippen LogP contribution is -2.26. The zero-order valence-electron chi connectivity index (χ0n) is 11.1. The molecule has 96 valence electrons. The van der Waals surface area contributed by atoms with Gasteiger partial charge in [-0.25, -0.2) is 9.97 Å². The van der Waals surface area contributed by atoms with Gasteiger partial charge in [-0.05, 0) is 45.7 Å². The fraction of sp³-hybridized carbons (Fsp3) is 0.692. The van der Waals surface area contributed by atoms with E-state index in [-0.39, 0.29) is 0 Å². The Bertz CT molecular complexity index is 317. The molecule has 0 aliphatic heterocycles. The second-order valence-corrected chi connectivity index (χ2v) is 5.39. The smallest absolute Gasteiger partial charge is 0.187 e. The Balaban J connectivity index is 2.11. The Labute approximate surface area is 109 Å². The average Bonchev–Trinajstić information content (AvgIpc) is 2.32. The SMILES string of the molecule is CCCNC(C)CCCSc1nccc(C)n1. The van der Waals surface area contributed by atoms with Crippen LogP contribution in [0, 0.1) is 6.92 Å². The standard InChI is InChI=1S/C13H23N3S/c1-4-8-14-11(2)6-5-10-17-13-15-9-7-12(3)16-13/h7,9,11,14H,4-6,8,10H2,1-3H3. The van der Waals surface area contributed by atoms with E-state index in [2.05, 4.69) is 29.1 Å². The first-order chi connectivity index (χ1) is 8.22. The van der Waals surface area contributed by atoms with Gasteiger partial charge in [-0.15, -0.1) is 0 Å². The third-order valence-electron chi connectivity index (χ3n) is 2.53. The molecule has 1 aromatic heterocycles. The first kappa shape index (κ1) is 14.5. The van der Waals surface area contributed by atoms with Gasteiger partial charge in [0.05, 0.1) is 0 Å². The zero-order chi connectivity index (χ0) is 12.5. The van der Waals surface area contributed by atoms with Crippen LogP contribution >= 0.6 is 11.8 Å². The van der Waals surface area contributed by atoms with E-state index in [1.165, 1.54) is 19.3 Å². The van der Waals surface area contributed by atoms with E-state index in [0.717, 1.165) is 23.1 Å². The summed E-state index contributed by atoms with van der Waals surface area (Å²) in [5, 5.41) is 4.40. The third kappa shape index (κ3) is 6.64. The van der Waals surface area contributed by atoms with Crippen molar-refractivity contribution in [3.05, 3.63) is 18.0 Å². The molecule has 0 saturated heterocycles. The summed E-state index contributed by atoms with van der Waals surface area (Å²) in [5.41, 5.74) is 1.04. The van der Waals surface area contributed by atoms with Crippen molar-refractivity contribution < 1.29 is 0 Å². The van der Waals surface area contributed by atoms with Crippen molar-refractivity contribution in [1.82, 2.24) is 15.3 Å². The van der Waals surface area contributed by atoms with E-state index in [0.29, 0.717) is 6.04 Å². The normalized spacial score (nSPS) is 12.6. The van der Waals surface area contributed by atoms with Gasteiger partial charge < -0.3 is 5.32 Å². The van der Waals surface area contributed by atoms with Crippen molar-refractivity contribution in [3.63, 3.8) is 0 Å². The first-order valence-corrected chi connectivity index (χ1v) is 7.36. The van der Waals surface area contributed by atoms with Crippen molar-refractivity contribution in [3.8, 4) is 0 Å². The number of nitrogens with one attached hydrogen (secondary N) is 1. The zero-order valence-corrected chi connectivity index (χ0v) is 11.9. The predicted octanol–water partition coefficient (Wildman–Crippen LogP) is 3.05. The van der Waals surface area contributed by atoms with Crippen molar-refractivity contribution in [2.75, 3.05) is 12.3 Å². The van der Waals surface area contributed by atoms with Gasteiger partial charge in [-0.3, -0.25) is 0 Å².